The Morgan fingerprint density at radius 2 is 2.06 bits per heavy atom. The maximum absolute atomic E-state index is 13.2. The highest BCUT2D eigenvalue weighted by atomic mass is 19.1. The lowest BCUT2D eigenvalue weighted by Crippen LogP contribution is -2.26. The lowest BCUT2D eigenvalue weighted by Gasteiger charge is -2.21. The van der Waals surface area contributed by atoms with E-state index in [1.165, 1.54) is 12.1 Å². The van der Waals surface area contributed by atoms with Crippen molar-refractivity contribution in [1.82, 2.24) is 9.55 Å². The Kier molecular flexibility index (Phi) is 3.81. The van der Waals surface area contributed by atoms with E-state index in [4.69, 9.17) is 5.73 Å². The summed E-state index contributed by atoms with van der Waals surface area (Å²) in [5.41, 5.74) is 7.27. The molecule has 2 aromatic rings. The van der Waals surface area contributed by atoms with Crippen LogP contribution < -0.4 is 10.6 Å². The van der Waals surface area contributed by atoms with E-state index in [9.17, 15) is 4.39 Å². The molecule has 1 aromatic carbocycles. The largest absolute Gasteiger partial charge is 0.343 e. The Hall–Kier alpha value is -1.62. The summed E-state index contributed by atoms with van der Waals surface area (Å²) in [5, 5.41) is 0. The van der Waals surface area contributed by atoms with Crippen molar-refractivity contribution in [1.29, 1.82) is 0 Å². The minimum atomic E-state index is -0.258. The molecule has 18 heavy (non-hydrogen) atoms. The molecule has 1 heterocycles. The van der Waals surface area contributed by atoms with E-state index < -0.39 is 0 Å². The van der Waals surface area contributed by atoms with E-state index in [0.29, 0.717) is 18.6 Å². The predicted octanol–water partition coefficient (Wildman–Crippen LogP) is 1.98. The van der Waals surface area contributed by atoms with Crippen LogP contribution in [0.1, 0.15) is 13.8 Å². The number of hydrogen-bond donors (Lipinski definition) is 1. The molecule has 2 rings (SSSR count). The van der Waals surface area contributed by atoms with Crippen LogP contribution >= 0.6 is 0 Å². The molecule has 0 saturated carbocycles. The zero-order valence-electron chi connectivity index (χ0n) is 10.9. The molecule has 4 nitrogen and oxygen atoms in total. The summed E-state index contributed by atoms with van der Waals surface area (Å²) in [4.78, 5) is 6.67. The Labute approximate surface area is 106 Å². The summed E-state index contributed by atoms with van der Waals surface area (Å²) < 4.78 is 15.3. The summed E-state index contributed by atoms with van der Waals surface area (Å²) in [5.74, 6) is 0.608. The summed E-state index contributed by atoms with van der Waals surface area (Å²) >= 11 is 0. The predicted molar refractivity (Wildman–Crippen MR) is 72.3 cm³/mol. The second-order valence-electron chi connectivity index (χ2n) is 4.16. The van der Waals surface area contributed by atoms with Crippen LogP contribution in [-0.2, 0) is 6.54 Å². The van der Waals surface area contributed by atoms with Crippen molar-refractivity contribution in [2.45, 2.75) is 20.4 Å². The first-order valence-corrected chi connectivity index (χ1v) is 6.32. The summed E-state index contributed by atoms with van der Waals surface area (Å²) in [6, 6.07) is 4.69. The summed E-state index contributed by atoms with van der Waals surface area (Å²) in [6.07, 6.45) is 0. The Bertz CT molecular complexity index is 531. The van der Waals surface area contributed by atoms with Gasteiger partial charge in [-0.3, -0.25) is 0 Å². The van der Waals surface area contributed by atoms with Crippen LogP contribution in [0.4, 0.5) is 10.3 Å². The van der Waals surface area contributed by atoms with E-state index >= 15 is 0 Å². The molecule has 0 radical (unpaired) electrons. The average molecular weight is 250 g/mol. The van der Waals surface area contributed by atoms with Crippen molar-refractivity contribution >= 4 is 17.0 Å². The normalized spacial score (nSPS) is 11.1. The fraction of sp³-hybridized carbons (Fsp3) is 0.462. The highest BCUT2D eigenvalue weighted by Gasteiger charge is 2.14. The van der Waals surface area contributed by atoms with E-state index in [1.807, 2.05) is 0 Å². The first-order chi connectivity index (χ1) is 8.71. The molecule has 0 amide bonds. The van der Waals surface area contributed by atoms with Gasteiger partial charge in [0.05, 0.1) is 11.0 Å². The maximum atomic E-state index is 13.2. The van der Waals surface area contributed by atoms with Crippen LogP contribution in [0.5, 0.6) is 0 Å². The zero-order chi connectivity index (χ0) is 13.1. The van der Waals surface area contributed by atoms with Crippen molar-refractivity contribution < 1.29 is 4.39 Å². The highest BCUT2D eigenvalue weighted by molar-refractivity contribution is 5.79. The third-order valence-corrected chi connectivity index (χ3v) is 3.09. The molecule has 2 N–H and O–H groups in total. The van der Waals surface area contributed by atoms with Crippen molar-refractivity contribution in [3.8, 4) is 0 Å². The Balaban J connectivity index is 2.59. The van der Waals surface area contributed by atoms with Gasteiger partial charge in [0.15, 0.2) is 0 Å². The number of nitrogens with zero attached hydrogens (tertiary/aromatic N) is 3. The molecule has 0 fully saturated rings. The number of hydrogen-bond acceptors (Lipinski definition) is 3. The van der Waals surface area contributed by atoms with E-state index in [0.717, 1.165) is 24.6 Å². The van der Waals surface area contributed by atoms with E-state index in [-0.39, 0.29) is 5.82 Å². The van der Waals surface area contributed by atoms with Gasteiger partial charge in [0.2, 0.25) is 5.95 Å². The van der Waals surface area contributed by atoms with Gasteiger partial charge in [0.25, 0.3) is 0 Å². The third-order valence-electron chi connectivity index (χ3n) is 3.09. The molecule has 0 unspecified atom stereocenters. The van der Waals surface area contributed by atoms with Gasteiger partial charge in [-0.1, -0.05) is 0 Å². The van der Waals surface area contributed by atoms with Gasteiger partial charge in [0.1, 0.15) is 5.82 Å². The van der Waals surface area contributed by atoms with E-state index in [1.54, 1.807) is 6.07 Å². The van der Waals surface area contributed by atoms with Crippen LogP contribution in [0, 0.1) is 5.82 Å². The summed E-state index contributed by atoms with van der Waals surface area (Å²) in [6.45, 7) is 7.12. The van der Waals surface area contributed by atoms with Crippen LogP contribution in [0.2, 0.25) is 0 Å². The smallest absolute Gasteiger partial charge is 0.206 e. The molecule has 1 aromatic heterocycles. The number of benzene rings is 1. The molecule has 0 saturated heterocycles. The number of imidazole rings is 1. The van der Waals surface area contributed by atoms with Crippen molar-refractivity contribution in [2.75, 3.05) is 24.5 Å². The van der Waals surface area contributed by atoms with Crippen molar-refractivity contribution in [2.24, 2.45) is 5.73 Å². The standard InChI is InChI=1S/C13H19FN4/c1-3-17(4-2)13-16-11-9-10(14)5-6-12(11)18(13)8-7-15/h5-6,9H,3-4,7-8,15H2,1-2H3. The first kappa shape index (κ1) is 12.8. The number of rotatable bonds is 5. The quantitative estimate of drug-likeness (QED) is 0.882. The number of anilines is 1. The monoisotopic (exact) mass is 250 g/mol. The van der Waals surface area contributed by atoms with Crippen LogP contribution in [-0.4, -0.2) is 29.2 Å². The van der Waals surface area contributed by atoms with Gasteiger partial charge >= 0.3 is 0 Å². The van der Waals surface area contributed by atoms with Gasteiger partial charge in [-0.25, -0.2) is 9.37 Å². The zero-order valence-corrected chi connectivity index (χ0v) is 10.9. The molecule has 0 atom stereocenters. The molecular formula is C13H19FN4. The fourth-order valence-corrected chi connectivity index (χ4v) is 2.19. The van der Waals surface area contributed by atoms with Crippen molar-refractivity contribution in [3.63, 3.8) is 0 Å². The second kappa shape index (κ2) is 5.35. The lowest BCUT2D eigenvalue weighted by molar-refractivity contribution is 0.629. The molecule has 5 heteroatoms. The van der Waals surface area contributed by atoms with Crippen LogP contribution in [0.3, 0.4) is 0 Å². The van der Waals surface area contributed by atoms with Gasteiger partial charge < -0.3 is 15.2 Å². The minimum absolute atomic E-state index is 0.258. The number of nitrogens with two attached hydrogens (primary N) is 1. The van der Waals surface area contributed by atoms with Gasteiger partial charge in [0, 0.05) is 32.2 Å². The highest BCUT2D eigenvalue weighted by Crippen LogP contribution is 2.23. The fourth-order valence-electron chi connectivity index (χ4n) is 2.19. The maximum Gasteiger partial charge on any atom is 0.206 e. The van der Waals surface area contributed by atoms with Crippen molar-refractivity contribution in [3.05, 3.63) is 24.0 Å². The molecule has 0 aliphatic carbocycles. The SMILES string of the molecule is CCN(CC)c1nc2cc(F)ccc2n1CCN. The molecule has 0 aliphatic rings. The first-order valence-electron chi connectivity index (χ1n) is 6.32. The average Bonchev–Trinajstić information content (AvgIpc) is 2.70. The second-order valence-corrected chi connectivity index (χ2v) is 4.16. The Morgan fingerprint density at radius 1 is 1.33 bits per heavy atom. The number of aromatic nitrogens is 2. The number of fused-ring (bicyclic) bond motifs is 1. The summed E-state index contributed by atoms with van der Waals surface area (Å²) in [7, 11) is 0. The Morgan fingerprint density at radius 3 is 2.67 bits per heavy atom. The minimum Gasteiger partial charge on any atom is -0.343 e. The molecule has 0 spiro atoms. The molecule has 98 valence electrons. The molecule has 0 aliphatic heterocycles. The number of halogens is 1. The molecular weight excluding hydrogens is 231 g/mol. The van der Waals surface area contributed by atoms with Gasteiger partial charge in [-0.2, -0.15) is 0 Å². The van der Waals surface area contributed by atoms with Crippen LogP contribution in [0.15, 0.2) is 18.2 Å². The van der Waals surface area contributed by atoms with Crippen LogP contribution in [0.25, 0.3) is 11.0 Å². The van der Waals surface area contributed by atoms with E-state index in [2.05, 4.69) is 28.3 Å². The third kappa shape index (κ3) is 2.18. The van der Waals surface area contributed by atoms with Gasteiger partial charge in [-0.15, -0.1) is 0 Å². The molecule has 0 bridgehead atoms. The topological polar surface area (TPSA) is 47.1 Å². The lowest BCUT2D eigenvalue weighted by atomic mass is 10.3. The van der Waals surface area contributed by atoms with Gasteiger partial charge in [-0.05, 0) is 26.0 Å².